The molecule has 1 heterocycles. The van der Waals surface area contributed by atoms with E-state index in [4.69, 9.17) is 10.2 Å². The molecule has 1 aliphatic heterocycles. The van der Waals surface area contributed by atoms with Gasteiger partial charge in [0.15, 0.2) is 0 Å². The number of hydrogen-bond donors (Lipinski definition) is 2. The van der Waals surface area contributed by atoms with E-state index in [-0.39, 0.29) is 19.4 Å². The lowest BCUT2D eigenvalue weighted by Gasteiger charge is -2.34. The van der Waals surface area contributed by atoms with Crippen molar-refractivity contribution in [3.8, 4) is 0 Å². The van der Waals surface area contributed by atoms with Crippen LogP contribution in [0, 0.1) is 0 Å². The Labute approximate surface area is 97.9 Å². The van der Waals surface area contributed by atoms with E-state index in [1.165, 1.54) is 0 Å². The number of carboxylic acid groups (broad SMARTS) is 2. The first-order valence-corrected chi connectivity index (χ1v) is 6.63. The fourth-order valence-corrected chi connectivity index (χ4v) is 2.38. The summed E-state index contributed by atoms with van der Waals surface area (Å²) in [4.78, 5) is 22.3. The van der Waals surface area contributed by atoms with Crippen LogP contribution in [0.5, 0.6) is 0 Å². The average molecular weight is 267 g/mol. The molecule has 0 bridgehead atoms. The van der Waals surface area contributed by atoms with Crippen molar-refractivity contribution in [1.29, 1.82) is 0 Å². The van der Waals surface area contributed by atoms with Crippen molar-refractivity contribution in [3.63, 3.8) is 0 Å². The van der Waals surface area contributed by atoms with Gasteiger partial charge >= 0.3 is 12.1 Å². The molecule has 1 fully saturated rings. The van der Waals surface area contributed by atoms with Gasteiger partial charge in [-0.2, -0.15) is 8.42 Å². The summed E-state index contributed by atoms with van der Waals surface area (Å²) >= 11 is 0. The first kappa shape index (κ1) is 13.7. The predicted octanol–water partition coefficient (Wildman–Crippen LogP) is -0.442. The largest absolute Gasteiger partial charge is 0.480 e. The molecule has 98 valence electrons. The molecule has 1 amide bonds. The summed E-state index contributed by atoms with van der Waals surface area (Å²) < 4.78 is 26.4. The second-order valence-electron chi connectivity index (χ2n) is 3.79. The molecule has 0 aromatic carbocycles. The molecule has 1 aliphatic rings. The fourth-order valence-electron chi connectivity index (χ4n) is 1.73. The first-order chi connectivity index (χ1) is 7.70. The summed E-state index contributed by atoms with van der Waals surface area (Å²) in [6.45, 7) is -0.265. The summed E-state index contributed by atoms with van der Waals surface area (Å²) in [6.07, 6.45) is -1.15. The Bertz CT molecular complexity index is 418. The summed E-state index contributed by atoms with van der Waals surface area (Å²) in [6, 6.07) is -1.15. The molecule has 0 unspecified atom stereocenters. The highest BCUT2D eigenvalue weighted by atomic mass is 32.2. The third-order valence-corrected chi connectivity index (χ3v) is 3.00. The minimum atomic E-state index is -3.68. The van der Waals surface area contributed by atoms with Crippen molar-refractivity contribution in [3.05, 3.63) is 0 Å². The van der Waals surface area contributed by atoms with Crippen LogP contribution < -0.4 is 0 Å². The van der Waals surface area contributed by atoms with Crippen LogP contribution in [0.3, 0.4) is 0 Å². The van der Waals surface area contributed by atoms with Crippen molar-refractivity contribution in [2.24, 2.45) is 0 Å². The second-order valence-corrected chi connectivity index (χ2v) is 5.39. The maximum atomic E-state index is 10.9. The smallest absolute Gasteiger partial charge is 0.408 e. The fraction of sp³-hybridized carbons (Fsp3) is 0.750. The molecule has 0 aromatic rings. The molecule has 1 saturated heterocycles. The van der Waals surface area contributed by atoms with Gasteiger partial charge in [0.1, 0.15) is 6.04 Å². The van der Waals surface area contributed by atoms with Crippen molar-refractivity contribution < 1.29 is 32.4 Å². The van der Waals surface area contributed by atoms with Crippen molar-refractivity contribution in [1.82, 2.24) is 4.90 Å². The van der Waals surface area contributed by atoms with Gasteiger partial charge in [-0.15, -0.1) is 0 Å². The van der Waals surface area contributed by atoms with E-state index in [9.17, 15) is 18.0 Å². The predicted molar refractivity (Wildman–Crippen MR) is 55.1 cm³/mol. The number of nitrogens with zero attached hydrogens (tertiary/aromatic N) is 1. The molecule has 17 heavy (non-hydrogen) atoms. The summed E-state index contributed by atoms with van der Waals surface area (Å²) in [5.41, 5.74) is 0. The van der Waals surface area contributed by atoms with Crippen LogP contribution in [0.25, 0.3) is 0 Å². The van der Waals surface area contributed by atoms with Gasteiger partial charge in [0.05, 0.1) is 18.9 Å². The Hall–Kier alpha value is -1.35. The van der Waals surface area contributed by atoms with Crippen molar-refractivity contribution in [2.45, 2.75) is 25.0 Å². The van der Waals surface area contributed by atoms with Gasteiger partial charge < -0.3 is 10.2 Å². The van der Waals surface area contributed by atoms with E-state index in [0.717, 1.165) is 6.26 Å². The van der Waals surface area contributed by atoms with Crippen LogP contribution in [0.4, 0.5) is 4.79 Å². The van der Waals surface area contributed by atoms with Crippen molar-refractivity contribution in [2.75, 3.05) is 12.8 Å². The minimum Gasteiger partial charge on any atom is -0.480 e. The maximum absolute atomic E-state index is 10.9. The third-order valence-electron chi connectivity index (χ3n) is 2.38. The zero-order chi connectivity index (χ0) is 13.2. The van der Waals surface area contributed by atoms with Gasteiger partial charge in [-0.05, 0) is 12.8 Å². The molecule has 9 heteroatoms. The van der Waals surface area contributed by atoms with E-state index in [1.54, 1.807) is 0 Å². The Morgan fingerprint density at radius 3 is 2.29 bits per heavy atom. The van der Waals surface area contributed by atoms with E-state index >= 15 is 0 Å². The van der Waals surface area contributed by atoms with Gasteiger partial charge in [-0.3, -0.25) is 9.08 Å². The maximum Gasteiger partial charge on any atom is 0.408 e. The molecule has 0 spiro atoms. The number of carboxylic acids is 1. The molecule has 8 nitrogen and oxygen atoms in total. The Morgan fingerprint density at radius 2 is 1.88 bits per heavy atom. The molecule has 0 radical (unpaired) electrons. The lowest BCUT2D eigenvalue weighted by molar-refractivity contribution is -0.144. The monoisotopic (exact) mass is 267 g/mol. The average Bonchev–Trinajstić information content (AvgIpc) is 2.14. The van der Waals surface area contributed by atoms with E-state index in [0.29, 0.717) is 4.90 Å². The summed E-state index contributed by atoms with van der Waals surface area (Å²) in [7, 11) is -3.68. The van der Waals surface area contributed by atoms with Crippen molar-refractivity contribution >= 4 is 22.2 Å². The van der Waals surface area contributed by atoms with E-state index in [1.807, 2.05) is 0 Å². The number of carbonyl (C=O) groups is 2. The number of rotatable bonds is 3. The molecular weight excluding hydrogens is 254 g/mol. The summed E-state index contributed by atoms with van der Waals surface area (Å²) in [5, 5.41) is 17.6. The van der Waals surface area contributed by atoms with Gasteiger partial charge in [0.2, 0.25) is 0 Å². The van der Waals surface area contributed by atoms with Crippen LogP contribution in [0.15, 0.2) is 0 Å². The quantitative estimate of drug-likeness (QED) is 0.664. The lowest BCUT2D eigenvalue weighted by Crippen LogP contribution is -2.52. The van der Waals surface area contributed by atoms with Crippen LogP contribution in [0.1, 0.15) is 12.8 Å². The normalized spacial score (nSPS) is 25.6. The standard InChI is InChI=1S/C8H13NO7S/c1-17(14,15)16-5-2-3-6(7(10)11)9(4-5)8(12)13/h5-6H,2-4H2,1H3,(H,10,11)(H,12,13)/t5-,6-/m0/s1. The van der Waals surface area contributed by atoms with Gasteiger partial charge in [0.25, 0.3) is 10.1 Å². The number of likely N-dealkylation sites (tertiary alicyclic amines) is 1. The Balaban J connectivity index is 2.75. The van der Waals surface area contributed by atoms with Crippen LogP contribution in [0.2, 0.25) is 0 Å². The molecule has 2 N–H and O–H groups in total. The zero-order valence-corrected chi connectivity index (χ0v) is 9.88. The number of amides is 1. The molecule has 2 atom stereocenters. The minimum absolute atomic E-state index is 0.0296. The SMILES string of the molecule is CS(=O)(=O)O[C@H]1CC[C@@H](C(=O)O)N(C(=O)O)C1. The first-order valence-electron chi connectivity index (χ1n) is 4.81. The number of hydrogen-bond acceptors (Lipinski definition) is 5. The lowest BCUT2D eigenvalue weighted by atomic mass is 10.0. The molecule has 0 saturated carbocycles. The topological polar surface area (TPSA) is 121 Å². The highest BCUT2D eigenvalue weighted by Gasteiger charge is 2.37. The Kier molecular flexibility index (Phi) is 3.94. The molecule has 0 aromatic heterocycles. The van der Waals surface area contributed by atoms with E-state index in [2.05, 4.69) is 4.18 Å². The van der Waals surface area contributed by atoms with E-state index < -0.39 is 34.3 Å². The summed E-state index contributed by atoms with van der Waals surface area (Å²) in [5.74, 6) is -1.25. The van der Waals surface area contributed by atoms with Crippen LogP contribution in [-0.2, 0) is 19.1 Å². The van der Waals surface area contributed by atoms with Gasteiger partial charge in [-0.25, -0.2) is 9.59 Å². The van der Waals surface area contributed by atoms with Gasteiger partial charge in [-0.1, -0.05) is 0 Å². The molecule has 0 aliphatic carbocycles. The number of aliphatic carboxylic acids is 1. The molecular formula is C8H13NO7S. The highest BCUT2D eigenvalue weighted by molar-refractivity contribution is 7.86. The highest BCUT2D eigenvalue weighted by Crippen LogP contribution is 2.21. The zero-order valence-electron chi connectivity index (χ0n) is 9.07. The van der Waals surface area contributed by atoms with Gasteiger partial charge in [0, 0.05) is 0 Å². The Morgan fingerprint density at radius 1 is 1.29 bits per heavy atom. The molecule has 1 rings (SSSR count). The van der Waals surface area contributed by atoms with Crippen LogP contribution >= 0.6 is 0 Å². The third kappa shape index (κ3) is 3.86. The van der Waals surface area contributed by atoms with Crippen LogP contribution in [-0.4, -0.2) is 60.5 Å². The number of piperidine rings is 1. The second kappa shape index (κ2) is 4.88.